The molecule has 18 heavy (non-hydrogen) atoms. The van der Waals surface area contributed by atoms with Crippen LogP contribution in [0.4, 0.5) is 0 Å². The highest BCUT2D eigenvalue weighted by molar-refractivity contribution is 5.40. The molecule has 0 saturated heterocycles. The van der Waals surface area contributed by atoms with Crippen molar-refractivity contribution in [2.75, 3.05) is 27.7 Å². The van der Waals surface area contributed by atoms with Gasteiger partial charge >= 0.3 is 0 Å². The van der Waals surface area contributed by atoms with Crippen LogP contribution in [0.25, 0.3) is 0 Å². The van der Waals surface area contributed by atoms with Crippen molar-refractivity contribution in [1.82, 2.24) is 10.2 Å². The number of nitrogens with one attached hydrogen (secondary N) is 1. The van der Waals surface area contributed by atoms with Gasteiger partial charge in [0.25, 0.3) is 0 Å². The summed E-state index contributed by atoms with van der Waals surface area (Å²) in [5.74, 6) is 0.964. The number of fused-ring (bicyclic) bond motifs is 1. The molecule has 0 radical (unpaired) electrons. The molecule has 0 fully saturated rings. The molecule has 2 unspecified atom stereocenters. The Bertz CT molecular complexity index is 405. The van der Waals surface area contributed by atoms with Gasteiger partial charge in [0.1, 0.15) is 5.75 Å². The molecular formula is C15H24N2O. The van der Waals surface area contributed by atoms with Crippen LogP contribution < -0.4 is 10.1 Å². The first kappa shape index (κ1) is 13.4. The minimum Gasteiger partial charge on any atom is -0.497 e. The molecule has 0 amide bonds. The summed E-state index contributed by atoms with van der Waals surface area (Å²) in [7, 11) is 6.00. The molecule has 3 heteroatoms. The minimum atomic E-state index is 0.421. The van der Waals surface area contributed by atoms with E-state index in [1.54, 1.807) is 7.11 Å². The van der Waals surface area contributed by atoms with E-state index in [2.05, 4.69) is 49.4 Å². The molecule has 0 aromatic heterocycles. The number of likely N-dealkylation sites (N-methyl/N-ethyl adjacent to an activating group) is 2. The Labute approximate surface area is 110 Å². The van der Waals surface area contributed by atoms with Gasteiger partial charge in [0.15, 0.2) is 0 Å². The van der Waals surface area contributed by atoms with E-state index in [0.717, 1.165) is 18.7 Å². The van der Waals surface area contributed by atoms with E-state index in [4.69, 9.17) is 4.74 Å². The molecule has 2 rings (SSSR count). The molecule has 1 aromatic rings. The zero-order valence-electron chi connectivity index (χ0n) is 11.9. The zero-order valence-corrected chi connectivity index (χ0v) is 11.9. The summed E-state index contributed by atoms with van der Waals surface area (Å²) in [5.41, 5.74) is 2.85. The van der Waals surface area contributed by atoms with Crippen molar-refractivity contribution in [3.8, 4) is 5.75 Å². The Morgan fingerprint density at radius 1 is 1.44 bits per heavy atom. The van der Waals surface area contributed by atoms with Crippen LogP contribution in [0.15, 0.2) is 18.2 Å². The summed E-state index contributed by atoms with van der Waals surface area (Å²) in [4.78, 5) is 2.44. The molecule has 2 atom stereocenters. The average molecular weight is 248 g/mol. The van der Waals surface area contributed by atoms with Crippen molar-refractivity contribution >= 4 is 0 Å². The van der Waals surface area contributed by atoms with E-state index >= 15 is 0 Å². The van der Waals surface area contributed by atoms with Crippen molar-refractivity contribution in [2.45, 2.75) is 31.8 Å². The molecule has 0 bridgehead atoms. The van der Waals surface area contributed by atoms with Gasteiger partial charge in [0.2, 0.25) is 0 Å². The van der Waals surface area contributed by atoms with E-state index in [1.165, 1.54) is 17.5 Å². The number of hydrogen-bond donors (Lipinski definition) is 1. The first-order valence-corrected chi connectivity index (χ1v) is 6.75. The predicted octanol–water partition coefficient (Wildman–Crippen LogP) is 2.22. The standard InChI is InChI=1S/C15H24N2O/c1-5-17(3)14-9-6-11-10-12(18-4)7-8-13(11)15(14)16-2/h7-8,10,14-16H,5-6,9H2,1-4H3. The molecule has 0 heterocycles. The van der Waals surface area contributed by atoms with Crippen molar-refractivity contribution in [3.63, 3.8) is 0 Å². The van der Waals surface area contributed by atoms with Crippen molar-refractivity contribution in [3.05, 3.63) is 29.3 Å². The molecule has 1 aliphatic rings. The molecule has 0 aliphatic heterocycles. The fraction of sp³-hybridized carbons (Fsp3) is 0.600. The average Bonchev–Trinajstić information content (AvgIpc) is 2.44. The smallest absolute Gasteiger partial charge is 0.119 e. The zero-order chi connectivity index (χ0) is 13.1. The van der Waals surface area contributed by atoms with Crippen LogP contribution in [0.5, 0.6) is 5.75 Å². The van der Waals surface area contributed by atoms with Gasteiger partial charge in [-0.3, -0.25) is 0 Å². The summed E-state index contributed by atoms with van der Waals surface area (Å²) < 4.78 is 5.31. The van der Waals surface area contributed by atoms with Crippen LogP contribution in [-0.2, 0) is 6.42 Å². The van der Waals surface area contributed by atoms with Crippen LogP contribution in [0.1, 0.15) is 30.5 Å². The first-order valence-electron chi connectivity index (χ1n) is 6.75. The second-order valence-electron chi connectivity index (χ2n) is 5.01. The van der Waals surface area contributed by atoms with Gasteiger partial charge in [-0.1, -0.05) is 13.0 Å². The van der Waals surface area contributed by atoms with Gasteiger partial charge in [-0.05, 0) is 56.7 Å². The maximum atomic E-state index is 5.31. The molecule has 0 saturated carbocycles. The van der Waals surface area contributed by atoms with Gasteiger partial charge in [0.05, 0.1) is 7.11 Å². The third-order valence-electron chi connectivity index (χ3n) is 4.16. The fourth-order valence-corrected chi connectivity index (χ4v) is 2.96. The fourth-order valence-electron chi connectivity index (χ4n) is 2.96. The molecule has 1 aromatic carbocycles. The Morgan fingerprint density at radius 2 is 2.22 bits per heavy atom. The largest absolute Gasteiger partial charge is 0.497 e. The van der Waals surface area contributed by atoms with E-state index < -0.39 is 0 Å². The van der Waals surface area contributed by atoms with Gasteiger partial charge in [-0.15, -0.1) is 0 Å². The van der Waals surface area contributed by atoms with Gasteiger partial charge in [-0.25, -0.2) is 0 Å². The van der Waals surface area contributed by atoms with E-state index in [-0.39, 0.29) is 0 Å². The lowest BCUT2D eigenvalue weighted by molar-refractivity contribution is 0.185. The lowest BCUT2D eigenvalue weighted by atomic mass is 9.83. The lowest BCUT2D eigenvalue weighted by Crippen LogP contribution is -2.44. The summed E-state index contributed by atoms with van der Waals surface area (Å²) in [6.07, 6.45) is 2.34. The molecule has 0 spiro atoms. The Morgan fingerprint density at radius 3 is 2.83 bits per heavy atom. The first-order chi connectivity index (χ1) is 8.71. The summed E-state index contributed by atoms with van der Waals surface area (Å²) in [6, 6.07) is 7.47. The third-order valence-corrected chi connectivity index (χ3v) is 4.16. The highest BCUT2D eigenvalue weighted by Gasteiger charge is 2.30. The molecular weight excluding hydrogens is 224 g/mol. The van der Waals surface area contributed by atoms with Crippen molar-refractivity contribution in [2.24, 2.45) is 0 Å². The van der Waals surface area contributed by atoms with Crippen LogP contribution >= 0.6 is 0 Å². The van der Waals surface area contributed by atoms with E-state index in [1.807, 2.05) is 0 Å². The second kappa shape index (κ2) is 5.72. The van der Waals surface area contributed by atoms with E-state index in [9.17, 15) is 0 Å². The third kappa shape index (κ3) is 2.38. The quantitative estimate of drug-likeness (QED) is 0.884. The van der Waals surface area contributed by atoms with Crippen LogP contribution in [0, 0.1) is 0 Å². The number of nitrogens with zero attached hydrogens (tertiary/aromatic N) is 1. The number of hydrogen-bond acceptors (Lipinski definition) is 3. The molecule has 100 valence electrons. The Kier molecular flexibility index (Phi) is 4.25. The topological polar surface area (TPSA) is 24.5 Å². The van der Waals surface area contributed by atoms with Crippen LogP contribution in [0.2, 0.25) is 0 Å². The number of aryl methyl sites for hydroxylation is 1. The monoisotopic (exact) mass is 248 g/mol. The van der Waals surface area contributed by atoms with Gasteiger partial charge in [-0.2, -0.15) is 0 Å². The van der Waals surface area contributed by atoms with Gasteiger partial charge < -0.3 is 15.0 Å². The molecule has 1 N–H and O–H groups in total. The van der Waals surface area contributed by atoms with Gasteiger partial charge in [0, 0.05) is 12.1 Å². The van der Waals surface area contributed by atoms with E-state index in [0.29, 0.717) is 12.1 Å². The SMILES string of the molecule is CCN(C)C1CCc2cc(OC)ccc2C1NC. The summed E-state index contributed by atoms with van der Waals surface area (Å²) in [6.45, 7) is 3.31. The maximum Gasteiger partial charge on any atom is 0.119 e. The summed E-state index contributed by atoms with van der Waals surface area (Å²) in [5, 5.41) is 3.48. The number of rotatable bonds is 4. The number of methoxy groups -OCH3 is 1. The highest BCUT2D eigenvalue weighted by Crippen LogP contribution is 2.34. The highest BCUT2D eigenvalue weighted by atomic mass is 16.5. The van der Waals surface area contributed by atoms with Crippen molar-refractivity contribution < 1.29 is 4.74 Å². The summed E-state index contributed by atoms with van der Waals surface area (Å²) >= 11 is 0. The lowest BCUT2D eigenvalue weighted by Gasteiger charge is -2.39. The van der Waals surface area contributed by atoms with Crippen molar-refractivity contribution in [1.29, 1.82) is 0 Å². The van der Waals surface area contributed by atoms with Crippen LogP contribution in [0.3, 0.4) is 0 Å². The molecule has 1 aliphatic carbocycles. The normalized spacial score (nSPS) is 22.9. The second-order valence-corrected chi connectivity index (χ2v) is 5.01. The van der Waals surface area contributed by atoms with Crippen LogP contribution in [-0.4, -0.2) is 38.7 Å². The minimum absolute atomic E-state index is 0.421. The maximum absolute atomic E-state index is 5.31. The Hall–Kier alpha value is -1.06. The Balaban J connectivity index is 2.31. The number of ether oxygens (including phenoxy) is 1. The predicted molar refractivity (Wildman–Crippen MR) is 75.2 cm³/mol. The number of benzene rings is 1. The molecule has 3 nitrogen and oxygen atoms in total.